The van der Waals surface area contributed by atoms with Gasteiger partial charge in [0.2, 0.25) is 0 Å². The first-order valence-electron chi connectivity index (χ1n) is 2.34. The van der Waals surface area contributed by atoms with Crippen LogP contribution in [-0.4, -0.2) is 39.7 Å². The monoisotopic (exact) mass is 149 g/mol. The molecule has 1 heterocycles. The van der Waals surface area contributed by atoms with E-state index in [0.717, 1.165) is 0 Å². The Bertz CT molecular complexity index is 149. The lowest BCUT2D eigenvalue weighted by Crippen LogP contribution is -2.27. The molecule has 10 heavy (non-hydrogen) atoms. The van der Waals surface area contributed by atoms with E-state index < -0.39 is 24.0 Å². The first-order valence-corrected chi connectivity index (χ1v) is 2.34. The van der Waals surface area contributed by atoms with Crippen LogP contribution in [0.1, 0.15) is 0 Å². The van der Waals surface area contributed by atoms with Crippen molar-refractivity contribution in [1.29, 1.82) is 0 Å². The molecule has 2 amide bonds. The van der Waals surface area contributed by atoms with Gasteiger partial charge in [0.1, 0.15) is 0 Å². The summed E-state index contributed by atoms with van der Waals surface area (Å²) in [6.45, 7) is 0. The quantitative estimate of drug-likeness (QED) is 0.310. The van der Waals surface area contributed by atoms with Crippen LogP contribution < -0.4 is 5.32 Å². The number of carbonyl (C=O) groups excluding carboxylic acids is 2. The first kappa shape index (κ1) is 9.02. The normalized spacial score (nSPS) is 31.4. The van der Waals surface area contributed by atoms with Crippen LogP contribution in [0.2, 0.25) is 0 Å². The first-order chi connectivity index (χ1) is 4.13. The van der Waals surface area contributed by atoms with Gasteiger partial charge in [-0.1, -0.05) is 0 Å². The fourth-order valence-electron chi connectivity index (χ4n) is 0.556. The summed E-state index contributed by atoms with van der Waals surface area (Å²) in [6, 6.07) is 0. The van der Waals surface area contributed by atoms with E-state index in [0.29, 0.717) is 0 Å². The minimum absolute atomic E-state index is 0. The lowest BCUT2D eigenvalue weighted by molar-refractivity contribution is -0.129. The van der Waals surface area contributed by atoms with Crippen LogP contribution >= 0.6 is 0 Å². The molecule has 6 nitrogen and oxygen atoms in total. The SMILES string of the molecule is O.O=C1NC(=O)C(O)C1O. The number of hydrogen-bond donors (Lipinski definition) is 3. The molecular formula is C4H7NO5. The predicted octanol–water partition coefficient (Wildman–Crippen LogP) is -3.46. The van der Waals surface area contributed by atoms with E-state index in [2.05, 4.69) is 0 Å². The number of amides is 2. The number of rotatable bonds is 0. The van der Waals surface area contributed by atoms with Crippen molar-refractivity contribution in [3.05, 3.63) is 0 Å². The molecule has 0 spiro atoms. The topological polar surface area (TPSA) is 118 Å². The van der Waals surface area contributed by atoms with Gasteiger partial charge in [0.15, 0.2) is 12.2 Å². The highest BCUT2D eigenvalue weighted by atomic mass is 16.4. The molecule has 1 fully saturated rings. The molecule has 1 rings (SSSR count). The summed E-state index contributed by atoms with van der Waals surface area (Å²) in [5.74, 6) is -1.68. The molecule has 0 aromatic heterocycles. The van der Waals surface area contributed by atoms with E-state index in [4.69, 9.17) is 10.2 Å². The number of nitrogens with one attached hydrogen (secondary N) is 1. The third kappa shape index (κ3) is 1.13. The van der Waals surface area contributed by atoms with Gasteiger partial charge in [-0.25, -0.2) is 0 Å². The van der Waals surface area contributed by atoms with E-state index in [9.17, 15) is 9.59 Å². The standard InChI is InChI=1S/C4H5NO4.H2O/c6-1-2(7)4(9)5-3(1)8;/h1-2,6-7H,(H,5,8,9);1H2. The van der Waals surface area contributed by atoms with Gasteiger partial charge in [-0.05, 0) is 0 Å². The van der Waals surface area contributed by atoms with Crippen molar-refractivity contribution in [2.75, 3.05) is 0 Å². The molecule has 1 aliphatic heterocycles. The fourth-order valence-corrected chi connectivity index (χ4v) is 0.556. The molecule has 0 radical (unpaired) electrons. The minimum Gasteiger partial charge on any atom is -0.412 e. The lowest BCUT2D eigenvalue weighted by Gasteiger charge is -1.97. The molecule has 1 aliphatic rings. The number of aliphatic hydroxyl groups excluding tert-OH is 2. The highest BCUT2D eigenvalue weighted by molar-refractivity contribution is 6.07. The maximum atomic E-state index is 10.3. The van der Waals surface area contributed by atoms with Gasteiger partial charge in [-0.2, -0.15) is 0 Å². The van der Waals surface area contributed by atoms with Crippen LogP contribution in [0.3, 0.4) is 0 Å². The van der Waals surface area contributed by atoms with Crippen LogP contribution in [0.25, 0.3) is 0 Å². The van der Waals surface area contributed by atoms with Gasteiger partial charge in [-0.3, -0.25) is 14.9 Å². The Hall–Kier alpha value is -0.980. The summed E-state index contributed by atoms with van der Waals surface area (Å²) in [4.78, 5) is 20.5. The Balaban J connectivity index is 0.000000810. The zero-order chi connectivity index (χ0) is 7.02. The van der Waals surface area contributed by atoms with Gasteiger partial charge in [0.25, 0.3) is 11.8 Å². The summed E-state index contributed by atoms with van der Waals surface area (Å²) in [5.41, 5.74) is 0. The van der Waals surface area contributed by atoms with Crippen molar-refractivity contribution < 1.29 is 25.3 Å². The smallest absolute Gasteiger partial charge is 0.258 e. The van der Waals surface area contributed by atoms with Gasteiger partial charge in [0, 0.05) is 0 Å². The van der Waals surface area contributed by atoms with Crippen molar-refractivity contribution in [1.82, 2.24) is 5.32 Å². The van der Waals surface area contributed by atoms with Crippen LogP contribution in [0, 0.1) is 0 Å². The second-order valence-electron chi connectivity index (χ2n) is 1.74. The average Bonchev–Trinajstić information content (AvgIpc) is 1.98. The second-order valence-corrected chi connectivity index (χ2v) is 1.74. The third-order valence-electron chi connectivity index (χ3n) is 1.08. The van der Waals surface area contributed by atoms with Crippen LogP contribution in [0.15, 0.2) is 0 Å². The highest BCUT2D eigenvalue weighted by Gasteiger charge is 2.38. The Kier molecular flexibility index (Phi) is 2.47. The molecule has 2 atom stereocenters. The van der Waals surface area contributed by atoms with E-state index in [-0.39, 0.29) is 5.48 Å². The second kappa shape index (κ2) is 2.74. The molecule has 0 bridgehead atoms. The Morgan fingerprint density at radius 1 is 1.10 bits per heavy atom. The van der Waals surface area contributed by atoms with E-state index >= 15 is 0 Å². The summed E-state index contributed by atoms with van der Waals surface area (Å²) in [6.07, 6.45) is -3.17. The Morgan fingerprint density at radius 3 is 1.50 bits per heavy atom. The Morgan fingerprint density at radius 2 is 1.40 bits per heavy atom. The Labute approximate surface area is 55.8 Å². The molecule has 0 saturated carbocycles. The maximum absolute atomic E-state index is 10.3. The van der Waals surface area contributed by atoms with Crippen LogP contribution in [0.4, 0.5) is 0 Å². The summed E-state index contributed by atoms with van der Waals surface area (Å²) in [5, 5.41) is 18.8. The van der Waals surface area contributed by atoms with E-state index in [1.54, 1.807) is 5.32 Å². The third-order valence-corrected chi connectivity index (χ3v) is 1.08. The molecule has 58 valence electrons. The van der Waals surface area contributed by atoms with Gasteiger partial charge < -0.3 is 15.7 Å². The number of carbonyl (C=O) groups is 2. The predicted molar refractivity (Wildman–Crippen MR) is 28.8 cm³/mol. The van der Waals surface area contributed by atoms with Gasteiger partial charge >= 0.3 is 0 Å². The molecular weight excluding hydrogens is 142 g/mol. The summed E-state index contributed by atoms with van der Waals surface area (Å²) < 4.78 is 0. The molecule has 0 aromatic rings. The molecule has 5 N–H and O–H groups in total. The number of hydrogen-bond acceptors (Lipinski definition) is 4. The lowest BCUT2D eigenvalue weighted by atomic mass is 10.2. The molecule has 0 aliphatic carbocycles. The van der Waals surface area contributed by atoms with Gasteiger partial charge in [-0.15, -0.1) is 0 Å². The van der Waals surface area contributed by atoms with Crippen molar-refractivity contribution >= 4 is 11.8 Å². The largest absolute Gasteiger partial charge is 0.412 e. The molecule has 1 saturated heterocycles. The molecule has 0 aromatic carbocycles. The average molecular weight is 149 g/mol. The van der Waals surface area contributed by atoms with Crippen molar-refractivity contribution in [3.63, 3.8) is 0 Å². The summed E-state index contributed by atoms with van der Waals surface area (Å²) >= 11 is 0. The van der Waals surface area contributed by atoms with Crippen molar-refractivity contribution in [3.8, 4) is 0 Å². The zero-order valence-electron chi connectivity index (χ0n) is 4.87. The van der Waals surface area contributed by atoms with Crippen LogP contribution in [0.5, 0.6) is 0 Å². The van der Waals surface area contributed by atoms with E-state index in [1.165, 1.54) is 0 Å². The van der Waals surface area contributed by atoms with Crippen molar-refractivity contribution in [2.24, 2.45) is 0 Å². The van der Waals surface area contributed by atoms with Crippen LogP contribution in [-0.2, 0) is 9.59 Å². The maximum Gasteiger partial charge on any atom is 0.258 e. The number of aliphatic hydroxyl groups is 2. The van der Waals surface area contributed by atoms with Gasteiger partial charge in [0.05, 0.1) is 0 Å². The van der Waals surface area contributed by atoms with Crippen molar-refractivity contribution in [2.45, 2.75) is 12.2 Å². The number of imide groups is 1. The zero-order valence-corrected chi connectivity index (χ0v) is 4.87. The fraction of sp³-hybridized carbons (Fsp3) is 0.500. The minimum atomic E-state index is -1.59. The molecule has 6 heteroatoms. The highest BCUT2D eigenvalue weighted by Crippen LogP contribution is 2.00. The molecule has 2 unspecified atom stereocenters. The summed E-state index contributed by atoms with van der Waals surface area (Å²) in [7, 11) is 0. The van der Waals surface area contributed by atoms with E-state index in [1.807, 2.05) is 0 Å².